The molecule has 3 rings (SSSR count). The van der Waals surface area contributed by atoms with Gasteiger partial charge in [-0.15, -0.1) is 11.6 Å². The normalized spacial score (nSPS) is 25.0. The lowest BCUT2D eigenvalue weighted by Gasteiger charge is -2.42. The minimum atomic E-state index is -1.97. The van der Waals surface area contributed by atoms with Crippen LogP contribution in [0.1, 0.15) is 11.1 Å². The lowest BCUT2D eigenvalue weighted by atomic mass is 9.97. The lowest BCUT2D eigenvalue weighted by Crippen LogP contribution is -2.58. The summed E-state index contributed by atoms with van der Waals surface area (Å²) in [5.74, 6) is -1.03. The van der Waals surface area contributed by atoms with Crippen LogP contribution in [0.15, 0.2) is 65.8 Å². The molecule has 2 aromatic rings. The molecule has 8 nitrogen and oxygen atoms in total. The zero-order valence-corrected chi connectivity index (χ0v) is 17.9. The van der Waals surface area contributed by atoms with Gasteiger partial charge in [0.2, 0.25) is 6.36 Å². The molecule has 10 heteroatoms. The third-order valence-corrected chi connectivity index (χ3v) is 5.09. The topological polar surface area (TPSA) is 103 Å². The van der Waals surface area contributed by atoms with Gasteiger partial charge < -0.3 is 18.9 Å². The van der Waals surface area contributed by atoms with Crippen LogP contribution in [-0.4, -0.2) is 49.2 Å². The van der Waals surface area contributed by atoms with Crippen LogP contribution in [0.25, 0.3) is 10.4 Å². The van der Waals surface area contributed by atoms with E-state index in [1.807, 2.05) is 60.7 Å². The predicted octanol–water partition coefficient (Wildman–Crippen LogP) is 4.31. The van der Waals surface area contributed by atoms with Crippen molar-refractivity contribution in [3.8, 4) is 0 Å². The Kier molecular flexibility index (Phi) is 9.27. The second-order valence-corrected chi connectivity index (χ2v) is 7.33. The first-order valence-corrected chi connectivity index (χ1v) is 10.5. The number of nitrogens with zero attached hydrogens (tertiary/aromatic N) is 3. The van der Waals surface area contributed by atoms with Crippen LogP contribution in [0.3, 0.4) is 0 Å². The van der Waals surface area contributed by atoms with E-state index >= 15 is 0 Å². The highest BCUT2D eigenvalue weighted by atomic mass is 35.5. The third-order valence-electron chi connectivity index (χ3n) is 4.87. The Bertz CT molecular complexity index is 901. The fourth-order valence-electron chi connectivity index (χ4n) is 3.33. The number of ether oxygens (including phenoxy) is 4. The molecule has 0 bridgehead atoms. The largest absolute Gasteiger partial charge is 0.462 e. The van der Waals surface area contributed by atoms with E-state index in [1.165, 1.54) is 0 Å². The van der Waals surface area contributed by atoms with Gasteiger partial charge >= 0.3 is 5.97 Å². The van der Waals surface area contributed by atoms with Crippen LogP contribution in [0.2, 0.25) is 0 Å². The summed E-state index contributed by atoms with van der Waals surface area (Å²) in [6, 6.07) is 17.3. The van der Waals surface area contributed by atoms with Crippen molar-refractivity contribution in [2.45, 2.75) is 43.9 Å². The first-order valence-electron chi connectivity index (χ1n) is 9.98. The molecule has 0 unspecified atom stereocenters. The number of carbonyl (C=O) groups is 1. The molecule has 1 aliphatic heterocycles. The highest BCUT2D eigenvalue weighted by Crippen LogP contribution is 2.30. The molecule has 170 valence electrons. The van der Waals surface area contributed by atoms with Gasteiger partial charge in [-0.25, -0.2) is 4.39 Å². The van der Waals surface area contributed by atoms with Crippen molar-refractivity contribution in [2.75, 3.05) is 12.5 Å². The molecule has 0 N–H and O–H groups in total. The van der Waals surface area contributed by atoms with Crippen molar-refractivity contribution in [2.24, 2.45) is 5.11 Å². The Hall–Kier alpha value is -2.68. The molecular weight excluding hydrogens is 441 g/mol. The number of esters is 1. The van der Waals surface area contributed by atoms with E-state index < -0.39 is 36.7 Å². The Morgan fingerprint density at radius 3 is 2.12 bits per heavy atom. The monoisotopic (exact) mass is 463 g/mol. The molecule has 2 aromatic carbocycles. The van der Waals surface area contributed by atoms with Gasteiger partial charge in [-0.3, -0.25) is 4.79 Å². The Morgan fingerprint density at radius 2 is 1.59 bits per heavy atom. The van der Waals surface area contributed by atoms with Crippen molar-refractivity contribution in [3.05, 3.63) is 82.2 Å². The number of benzene rings is 2. The van der Waals surface area contributed by atoms with Crippen molar-refractivity contribution >= 4 is 17.6 Å². The van der Waals surface area contributed by atoms with Crippen LogP contribution in [0, 0.1) is 0 Å². The SMILES string of the molecule is [N-]=[N+]=N[C@@H]1[C@@H](OCc2ccccc2)[C@@H](OCc2ccccc2)[C@@H](COC(=O)CCl)O[C@@H]1F. The Balaban J connectivity index is 1.83. The first-order chi connectivity index (χ1) is 15.6. The maximum Gasteiger partial charge on any atom is 0.320 e. The standard InChI is InChI=1S/C22H23ClFN3O5/c23-11-18(28)29-14-17-20(30-12-15-7-3-1-4-8-15)21(19(26-27-25)22(24)32-17)31-13-16-9-5-2-6-10-16/h1-10,17,19-22H,11-14H2/t17-,19-,20+,21-,22+/m1/s1. The minimum absolute atomic E-state index is 0.134. The van der Waals surface area contributed by atoms with Crippen molar-refractivity contribution in [1.29, 1.82) is 0 Å². The van der Waals surface area contributed by atoms with Gasteiger partial charge in [-0.05, 0) is 16.7 Å². The molecule has 0 saturated carbocycles. The van der Waals surface area contributed by atoms with Crippen LogP contribution in [0.5, 0.6) is 0 Å². The second kappa shape index (κ2) is 12.4. The molecule has 1 fully saturated rings. The lowest BCUT2D eigenvalue weighted by molar-refractivity contribution is -0.252. The molecule has 1 aliphatic rings. The van der Waals surface area contributed by atoms with Crippen LogP contribution >= 0.6 is 11.6 Å². The van der Waals surface area contributed by atoms with Crippen LogP contribution < -0.4 is 0 Å². The maximum atomic E-state index is 14.8. The molecule has 5 atom stereocenters. The van der Waals surface area contributed by atoms with E-state index in [1.54, 1.807) is 0 Å². The minimum Gasteiger partial charge on any atom is -0.462 e. The van der Waals surface area contributed by atoms with E-state index in [0.717, 1.165) is 11.1 Å². The molecule has 0 spiro atoms. The highest BCUT2D eigenvalue weighted by molar-refractivity contribution is 6.26. The molecule has 0 radical (unpaired) electrons. The van der Waals surface area contributed by atoms with Gasteiger partial charge in [0.15, 0.2) is 0 Å². The Morgan fingerprint density at radius 1 is 1.03 bits per heavy atom. The van der Waals surface area contributed by atoms with Crippen molar-refractivity contribution in [1.82, 2.24) is 0 Å². The van der Waals surface area contributed by atoms with Crippen LogP contribution in [-0.2, 0) is 37.0 Å². The smallest absolute Gasteiger partial charge is 0.320 e. The molecule has 0 aromatic heterocycles. The van der Waals surface area contributed by atoms with Gasteiger partial charge in [-0.2, -0.15) is 0 Å². The number of hydrogen-bond acceptors (Lipinski definition) is 6. The summed E-state index contributed by atoms with van der Waals surface area (Å²) in [4.78, 5) is 14.3. The molecule has 0 amide bonds. The van der Waals surface area contributed by atoms with Crippen LogP contribution in [0.4, 0.5) is 4.39 Å². The van der Waals surface area contributed by atoms with Gasteiger partial charge in [0.25, 0.3) is 0 Å². The fraction of sp³-hybridized carbons (Fsp3) is 0.409. The number of alkyl halides is 2. The summed E-state index contributed by atoms with van der Waals surface area (Å²) in [5.41, 5.74) is 10.7. The molecule has 1 saturated heterocycles. The Labute approximate surface area is 189 Å². The number of hydrogen-bond donors (Lipinski definition) is 0. The summed E-state index contributed by atoms with van der Waals surface area (Å²) < 4.78 is 37.3. The van der Waals surface area contributed by atoms with E-state index in [0.29, 0.717) is 0 Å². The number of carbonyl (C=O) groups excluding carboxylic acids is 1. The number of azide groups is 1. The van der Waals surface area contributed by atoms with Gasteiger partial charge in [0, 0.05) is 4.91 Å². The van der Waals surface area contributed by atoms with E-state index in [9.17, 15) is 9.18 Å². The number of rotatable bonds is 10. The highest BCUT2D eigenvalue weighted by Gasteiger charge is 2.48. The van der Waals surface area contributed by atoms with Gasteiger partial charge in [0.05, 0.1) is 13.2 Å². The summed E-state index contributed by atoms with van der Waals surface area (Å²) >= 11 is 5.49. The van der Waals surface area contributed by atoms with Gasteiger partial charge in [0.1, 0.15) is 36.8 Å². The number of halogens is 2. The maximum absolute atomic E-state index is 14.8. The fourth-order valence-corrected chi connectivity index (χ4v) is 3.41. The summed E-state index contributed by atoms with van der Waals surface area (Å²) in [6.45, 7) is 0.00856. The quantitative estimate of drug-likeness (QED) is 0.172. The average molecular weight is 464 g/mol. The van der Waals surface area contributed by atoms with E-state index in [4.69, 9.17) is 36.1 Å². The second-order valence-electron chi connectivity index (χ2n) is 7.06. The summed E-state index contributed by atoms with van der Waals surface area (Å²) in [5, 5.41) is 3.56. The van der Waals surface area contributed by atoms with Gasteiger partial charge in [-0.1, -0.05) is 65.8 Å². The summed E-state index contributed by atoms with van der Waals surface area (Å²) in [6.07, 6.45) is -4.84. The molecule has 0 aliphatic carbocycles. The molecule has 1 heterocycles. The zero-order chi connectivity index (χ0) is 22.8. The molecular formula is C22H23ClFN3O5. The van der Waals surface area contributed by atoms with E-state index in [2.05, 4.69) is 10.0 Å². The average Bonchev–Trinajstić information content (AvgIpc) is 2.83. The summed E-state index contributed by atoms with van der Waals surface area (Å²) in [7, 11) is 0. The zero-order valence-electron chi connectivity index (χ0n) is 17.1. The first kappa shape index (κ1) is 24.0. The van der Waals surface area contributed by atoms with Crippen molar-refractivity contribution < 1.29 is 28.1 Å². The van der Waals surface area contributed by atoms with E-state index in [-0.39, 0.29) is 25.7 Å². The van der Waals surface area contributed by atoms with Crippen molar-refractivity contribution in [3.63, 3.8) is 0 Å². The predicted molar refractivity (Wildman–Crippen MR) is 114 cm³/mol. The molecule has 32 heavy (non-hydrogen) atoms. The third kappa shape index (κ3) is 6.66.